The fraction of sp³-hybridized carbons (Fsp3) is 0.286. The van der Waals surface area contributed by atoms with Gasteiger partial charge in [0.2, 0.25) is 0 Å². The molecule has 0 unspecified atom stereocenters. The van der Waals surface area contributed by atoms with Crippen LogP contribution in [-0.2, 0) is 0 Å². The normalized spacial score (nSPS) is 11.6. The van der Waals surface area contributed by atoms with Crippen molar-refractivity contribution < 1.29 is 9.90 Å². The lowest BCUT2D eigenvalue weighted by Gasteiger charge is -2.23. The van der Waals surface area contributed by atoms with Crippen molar-refractivity contribution in [3.8, 4) is 0 Å². The number of aromatic nitrogens is 1. The van der Waals surface area contributed by atoms with Crippen LogP contribution in [0, 0.1) is 0 Å². The van der Waals surface area contributed by atoms with Gasteiger partial charge in [0.15, 0.2) is 0 Å². The molecule has 0 spiro atoms. The number of aliphatic hydroxyl groups excluding tert-OH is 1. The molecule has 0 fully saturated rings. The standard InChI is InChI=1S/C14H16ClN3O2/c1-14(2,7-19)18-13(20)12-9-3-4-10(15)11(16)8(9)5-6-17-12/h3-6,19H,7,16H2,1-2H3,(H,18,20). The number of pyridine rings is 1. The maximum absolute atomic E-state index is 12.3. The van der Waals surface area contributed by atoms with Crippen LogP contribution in [0.2, 0.25) is 5.02 Å². The van der Waals surface area contributed by atoms with Gasteiger partial charge in [-0.1, -0.05) is 17.7 Å². The average molecular weight is 294 g/mol. The lowest BCUT2D eigenvalue weighted by atomic mass is 10.0. The summed E-state index contributed by atoms with van der Waals surface area (Å²) in [5.74, 6) is -0.364. The van der Waals surface area contributed by atoms with E-state index in [-0.39, 0.29) is 18.2 Å². The van der Waals surface area contributed by atoms with Crippen LogP contribution >= 0.6 is 11.6 Å². The predicted molar refractivity (Wildman–Crippen MR) is 79.8 cm³/mol. The molecule has 106 valence electrons. The molecule has 1 aromatic carbocycles. The number of nitrogen functional groups attached to an aromatic ring is 1. The molecule has 5 nitrogen and oxygen atoms in total. The zero-order chi connectivity index (χ0) is 14.9. The van der Waals surface area contributed by atoms with Gasteiger partial charge in [0, 0.05) is 17.0 Å². The number of halogens is 1. The van der Waals surface area contributed by atoms with Gasteiger partial charge in [0.1, 0.15) is 5.69 Å². The monoisotopic (exact) mass is 293 g/mol. The van der Waals surface area contributed by atoms with Crippen LogP contribution in [0.5, 0.6) is 0 Å². The van der Waals surface area contributed by atoms with Gasteiger partial charge in [-0.3, -0.25) is 9.78 Å². The van der Waals surface area contributed by atoms with Gasteiger partial charge < -0.3 is 16.2 Å². The number of hydrogen-bond donors (Lipinski definition) is 3. The molecule has 0 saturated carbocycles. The first kappa shape index (κ1) is 14.6. The van der Waals surface area contributed by atoms with Crippen molar-refractivity contribution in [1.29, 1.82) is 0 Å². The van der Waals surface area contributed by atoms with E-state index in [9.17, 15) is 9.90 Å². The predicted octanol–water partition coefficient (Wildman–Crippen LogP) is 1.97. The summed E-state index contributed by atoms with van der Waals surface area (Å²) in [6.07, 6.45) is 1.51. The Bertz CT molecular complexity index is 671. The molecule has 0 bridgehead atoms. The molecule has 1 aromatic heterocycles. The van der Waals surface area contributed by atoms with Crippen molar-refractivity contribution in [2.45, 2.75) is 19.4 Å². The van der Waals surface area contributed by atoms with Crippen LogP contribution in [0.1, 0.15) is 24.3 Å². The highest BCUT2D eigenvalue weighted by Crippen LogP contribution is 2.29. The number of nitrogens with one attached hydrogen (secondary N) is 1. The van der Waals surface area contributed by atoms with Crippen molar-refractivity contribution >= 4 is 34.0 Å². The third-order valence-electron chi connectivity index (χ3n) is 3.00. The average Bonchev–Trinajstić information content (AvgIpc) is 2.42. The first-order valence-corrected chi connectivity index (χ1v) is 6.49. The molecule has 1 heterocycles. The maximum Gasteiger partial charge on any atom is 0.271 e. The summed E-state index contributed by atoms with van der Waals surface area (Å²) in [6.45, 7) is 3.28. The number of carbonyl (C=O) groups is 1. The number of carbonyl (C=O) groups excluding carboxylic acids is 1. The van der Waals surface area contributed by atoms with E-state index < -0.39 is 5.54 Å². The van der Waals surface area contributed by atoms with Crippen LogP contribution in [0.25, 0.3) is 10.8 Å². The highest BCUT2D eigenvalue weighted by molar-refractivity contribution is 6.34. The molecule has 6 heteroatoms. The summed E-state index contributed by atoms with van der Waals surface area (Å²) >= 11 is 5.97. The Morgan fingerprint density at radius 2 is 2.10 bits per heavy atom. The Hall–Kier alpha value is -1.85. The van der Waals surface area contributed by atoms with Gasteiger partial charge in [-0.15, -0.1) is 0 Å². The molecule has 0 aliphatic heterocycles. The van der Waals surface area contributed by atoms with Gasteiger partial charge in [-0.05, 0) is 26.0 Å². The van der Waals surface area contributed by atoms with E-state index in [2.05, 4.69) is 10.3 Å². The van der Waals surface area contributed by atoms with Crippen LogP contribution < -0.4 is 11.1 Å². The van der Waals surface area contributed by atoms with E-state index in [0.717, 1.165) is 0 Å². The second kappa shape index (κ2) is 5.26. The Labute approximate surface area is 121 Å². The number of aliphatic hydroxyl groups is 1. The summed E-state index contributed by atoms with van der Waals surface area (Å²) < 4.78 is 0. The number of hydrogen-bond acceptors (Lipinski definition) is 4. The minimum absolute atomic E-state index is 0.169. The van der Waals surface area contributed by atoms with Crippen molar-refractivity contribution in [2.75, 3.05) is 12.3 Å². The van der Waals surface area contributed by atoms with E-state index in [4.69, 9.17) is 17.3 Å². The summed E-state index contributed by atoms with van der Waals surface area (Å²) in [6, 6.07) is 5.06. The van der Waals surface area contributed by atoms with E-state index >= 15 is 0 Å². The third-order valence-corrected chi connectivity index (χ3v) is 3.33. The molecule has 20 heavy (non-hydrogen) atoms. The van der Waals surface area contributed by atoms with Crippen molar-refractivity contribution in [1.82, 2.24) is 10.3 Å². The lowest BCUT2D eigenvalue weighted by molar-refractivity contribution is 0.0866. The number of nitrogens with two attached hydrogens (primary N) is 1. The Kier molecular flexibility index (Phi) is 3.83. The van der Waals surface area contributed by atoms with E-state index in [0.29, 0.717) is 21.5 Å². The number of benzene rings is 1. The molecular formula is C14H16ClN3O2. The van der Waals surface area contributed by atoms with E-state index in [1.54, 1.807) is 32.0 Å². The van der Waals surface area contributed by atoms with Crippen LogP contribution in [-0.4, -0.2) is 28.1 Å². The molecule has 1 amide bonds. The van der Waals surface area contributed by atoms with Crippen LogP contribution in [0.15, 0.2) is 24.4 Å². The molecule has 0 aliphatic carbocycles. The van der Waals surface area contributed by atoms with Gasteiger partial charge in [0.25, 0.3) is 5.91 Å². The second-order valence-electron chi connectivity index (χ2n) is 5.21. The van der Waals surface area contributed by atoms with E-state index in [1.165, 1.54) is 6.20 Å². The quantitative estimate of drug-likeness (QED) is 0.755. The molecule has 0 atom stereocenters. The highest BCUT2D eigenvalue weighted by atomic mass is 35.5. The number of fused-ring (bicyclic) bond motifs is 1. The van der Waals surface area contributed by atoms with Crippen LogP contribution in [0.3, 0.4) is 0 Å². The third kappa shape index (κ3) is 2.69. The zero-order valence-corrected chi connectivity index (χ0v) is 12.0. The van der Waals surface area contributed by atoms with Gasteiger partial charge in [0.05, 0.1) is 22.9 Å². The second-order valence-corrected chi connectivity index (χ2v) is 5.62. The van der Waals surface area contributed by atoms with Crippen molar-refractivity contribution in [3.63, 3.8) is 0 Å². The summed E-state index contributed by atoms with van der Waals surface area (Å²) in [5.41, 5.74) is 5.86. The topological polar surface area (TPSA) is 88.2 Å². The summed E-state index contributed by atoms with van der Waals surface area (Å²) in [7, 11) is 0. The smallest absolute Gasteiger partial charge is 0.271 e. The van der Waals surface area contributed by atoms with Crippen molar-refractivity contribution in [2.24, 2.45) is 0 Å². The molecule has 4 N–H and O–H groups in total. The summed E-state index contributed by atoms with van der Waals surface area (Å²) in [4.78, 5) is 16.4. The number of nitrogens with zero attached hydrogens (tertiary/aromatic N) is 1. The molecule has 0 aliphatic rings. The van der Waals surface area contributed by atoms with Gasteiger partial charge in [-0.25, -0.2) is 0 Å². The minimum atomic E-state index is -0.723. The Morgan fingerprint density at radius 1 is 1.40 bits per heavy atom. The highest BCUT2D eigenvalue weighted by Gasteiger charge is 2.22. The zero-order valence-electron chi connectivity index (χ0n) is 11.3. The fourth-order valence-corrected chi connectivity index (χ4v) is 2.00. The minimum Gasteiger partial charge on any atom is -0.397 e. The number of anilines is 1. The number of rotatable bonds is 3. The van der Waals surface area contributed by atoms with Crippen molar-refractivity contribution in [3.05, 3.63) is 35.1 Å². The van der Waals surface area contributed by atoms with Crippen LogP contribution in [0.4, 0.5) is 5.69 Å². The summed E-state index contributed by atoms with van der Waals surface area (Å²) in [5, 5.41) is 13.7. The molecule has 0 saturated heterocycles. The first-order valence-electron chi connectivity index (χ1n) is 6.12. The largest absolute Gasteiger partial charge is 0.397 e. The fourth-order valence-electron chi connectivity index (χ4n) is 1.84. The first-order chi connectivity index (χ1) is 9.35. The maximum atomic E-state index is 12.3. The Morgan fingerprint density at radius 3 is 2.75 bits per heavy atom. The molecular weight excluding hydrogens is 278 g/mol. The molecule has 0 radical (unpaired) electrons. The SMILES string of the molecule is CC(C)(CO)NC(=O)c1nccc2c(N)c(Cl)ccc12. The molecule has 2 aromatic rings. The lowest BCUT2D eigenvalue weighted by Crippen LogP contribution is -2.46. The molecule has 2 rings (SSSR count). The van der Waals surface area contributed by atoms with Gasteiger partial charge >= 0.3 is 0 Å². The number of amides is 1. The van der Waals surface area contributed by atoms with E-state index in [1.807, 2.05) is 0 Å². The Balaban J connectivity index is 2.51. The van der Waals surface area contributed by atoms with Gasteiger partial charge in [-0.2, -0.15) is 0 Å².